The van der Waals surface area contributed by atoms with Crippen LogP contribution >= 0.6 is 34.7 Å². The molecule has 3 amide bonds. The molecular formula is C34H26ClF3N4O7S3. The molecule has 0 radical (unpaired) electrons. The second kappa shape index (κ2) is 12.5. The van der Waals surface area contributed by atoms with Crippen LogP contribution in [0.3, 0.4) is 0 Å². The van der Waals surface area contributed by atoms with Crippen LogP contribution in [-0.2, 0) is 30.6 Å². The number of carbonyl (C=O) groups excluding carboxylic acids is 3. The minimum absolute atomic E-state index is 0.123. The number of hydrogen-bond donors (Lipinski definition) is 3. The lowest BCUT2D eigenvalue weighted by molar-refractivity contribution is -0.137. The van der Waals surface area contributed by atoms with Gasteiger partial charge in [0.1, 0.15) is 5.75 Å². The summed E-state index contributed by atoms with van der Waals surface area (Å²) in [5.74, 6) is -4.32. The first-order chi connectivity index (χ1) is 24.6. The van der Waals surface area contributed by atoms with Crippen molar-refractivity contribution in [3.63, 3.8) is 0 Å². The molecule has 1 aromatic heterocycles. The zero-order chi connectivity index (χ0) is 36.9. The van der Waals surface area contributed by atoms with E-state index >= 15 is 0 Å². The molecule has 270 valence electrons. The maximum atomic E-state index is 14.1. The molecule has 3 heterocycles. The van der Waals surface area contributed by atoms with E-state index in [-0.39, 0.29) is 38.5 Å². The Morgan fingerprint density at radius 2 is 1.73 bits per heavy atom. The van der Waals surface area contributed by atoms with Crippen molar-refractivity contribution >= 4 is 73.8 Å². The molecule has 2 aliphatic carbocycles. The van der Waals surface area contributed by atoms with Crippen LogP contribution < -0.4 is 25.0 Å². The Balaban J connectivity index is 1.11. The van der Waals surface area contributed by atoms with Gasteiger partial charge < -0.3 is 15.0 Å². The van der Waals surface area contributed by atoms with Gasteiger partial charge in [-0.05, 0) is 84.8 Å². The standard InChI is InChI=1S/C34H26ClF3N4O7S3/c35-15-4-9-22(49-13-23(43)40-16-5-7-18(8-6-16)52(39,47)48)19(11-15)24-25-20-12-21(28(25)50-30-29(24)51-33(46)41-30)27-26(20)31(44)42(32(27)45)17-3-1-2-14(10-17)34(36,37)38/h1-11,20-21,24-28H,12-13H2,(H,40,43)(H,41,46)(H2,39,47,48)/t20-,21-,24-,25?,26?,27?,28?/m1/s1. The van der Waals surface area contributed by atoms with Crippen molar-refractivity contribution in [2.75, 3.05) is 16.8 Å². The average molecular weight is 791 g/mol. The summed E-state index contributed by atoms with van der Waals surface area (Å²) in [4.78, 5) is 57.7. The van der Waals surface area contributed by atoms with Crippen LogP contribution in [0.15, 0.2) is 81.4 Å². The van der Waals surface area contributed by atoms with Crippen LogP contribution in [0.2, 0.25) is 5.02 Å². The van der Waals surface area contributed by atoms with E-state index in [1.165, 1.54) is 48.2 Å². The molecular weight excluding hydrogens is 765 g/mol. The van der Waals surface area contributed by atoms with Gasteiger partial charge in [-0.3, -0.25) is 24.1 Å². The number of carbonyl (C=O) groups is 3. The fourth-order valence-corrected chi connectivity index (χ4v) is 12.0. The van der Waals surface area contributed by atoms with Gasteiger partial charge in [0.15, 0.2) is 6.61 Å². The van der Waals surface area contributed by atoms with E-state index in [0.29, 0.717) is 38.3 Å². The molecule has 4 N–H and O–H groups in total. The number of ether oxygens (including phenoxy) is 1. The molecule has 4 aliphatic rings. The first kappa shape index (κ1) is 34.9. The van der Waals surface area contributed by atoms with Crippen LogP contribution in [0.1, 0.15) is 28.3 Å². The van der Waals surface area contributed by atoms with Gasteiger partial charge in [0.25, 0.3) is 5.91 Å². The molecule has 3 aromatic carbocycles. The lowest BCUT2D eigenvalue weighted by Crippen LogP contribution is -2.42. The monoisotopic (exact) mass is 790 g/mol. The topological polar surface area (TPSA) is 169 Å². The number of fused-ring (bicyclic) bond motifs is 9. The van der Waals surface area contributed by atoms with Gasteiger partial charge in [-0.15, -0.1) is 11.8 Å². The number of thioether (sulfide) groups is 1. The molecule has 7 atom stereocenters. The number of rotatable bonds is 7. The molecule has 2 aliphatic heterocycles. The summed E-state index contributed by atoms with van der Waals surface area (Å²) >= 11 is 8.97. The SMILES string of the molecule is NS(=O)(=O)c1ccc(NC(=O)COc2ccc(Cl)cc2[C@H]2c3sc(=O)[nH]c3SC3C2[C@H]2C[C@@H]3C3C(=O)N(c4cccc(C(F)(F)F)c4)C(=O)C32)cc1. The van der Waals surface area contributed by atoms with Gasteiger partial charge in [0.05, 0.1) is 33.0 Å². The Hall–Kier alpha value is -4.16. The highest BCUT2D eigenvalue weighted by Gasteiger charge is 2.70. The summed E-state index contributed by atoms with van der Waals surface area (Å²) in [6.07, 6.45) is -4.13. The fourth-order valence-electron chi connectivity index (χ4n) is 8.40. The molecule has 8 rings (SSSR count). The number of aromatic nitrogens is 1. The number of alkyl halides is 3. The molecule has 4 aromatic rings. The predicted molar refractivity (Wildman–Crippen MR) is 186 cm³/mol. The van der Waals surface area contributed by atoms with Crippen molar-refractivity contribution in [2.45, 2.75) is 33.7 Å². The Kier molecular flexibility index (Phi) is 8.37. The molecule has 2 saturated carbocycles. The number of thiazole rings is 1. The Morgan fingerprint density at radius 3 is 2.42 bits per heavy atom. The number of benzene rings is 3. The number of amides is 3. The maximum Gasteiger partial charge on any atom is 0.416 e. The summed E-state index contributed by atoms with van der Waals surface area (Å²) in [5, 5.41) is 8.51. The first-order valence-corrected chi connectivity index (χ1v) is 19.5. The highest BCUT2D eigenvalue weighted by molar-refractivity contribution is 8.00. The molecule has 4 unspecified atom stereocenters. The largest absolute Gasteiger partial charge is 0.483 e. The van der Waals surface area contributed by atoms with Crippen molar-refractivity contribution in [1.82, 2.24) is 4.98 Å². The van der Waals surface area contributed by atoms with Crippen molar-refractivity contribution in [1.29, 1.82) is 0 Å². The maximum absolute atomic E-state index is 14.1. The van der Waals surface area contributed by atoms with Crippen molar-refractivity contribution in [2.24, 2.45) is 34.7 Å². The van der Waals surface area contributed by atoms with Gasteiger partial charge in [0, 0.05) is 32.3 Å². The van der Waals surface area contributed by atoms with Crippen LogP contribution in [0.5, 0.6) is 5.75 Å². The third-order valence-corrected chi connectivity index (χ3v) is 14.0. The number of nitrogens with zero attached hydrogens (tertiary/aromatic N) is 1. The number of hydrogen-bond acceptors (Lipinski definition) is 9. The number of nitrogens with one attached hydrogen (secondary N) is 2. The quantitative estimate of drug-likeness (QED) is 0.208. The van der Waals surface area contributed by atoms with E-state index in [1.54, 1.807) is 18.2 Å². The summed E-state index contributed by atoms with van der Waals surface area (Å²) in [6.45, 7) is -0.451. The minimum atomic E-state index is -4.66. The molecule has 1 saturated heterocycles. The predicted octanol–water partition coefficient (Wildman–Crippen LogP) is 5.45. The van der Waals surface area contributed by atoms with Crippen molar-refractivity contribution < 1.29 is 40.7 Å². The number of anilines is 2. The van der Waals surface area contributed by atoms with Gasteiger partial charge in [-0.25, -0.2) is 13.6 Å². The third kappa shape index (κ3) is 5.82. The van der Waals surface area contributed by atoms with Gasteiger partial charge in [-0.1, -0.05) is 29.0 Å². The second-order valence-corrected chi connectivity index (χ2v) is 17.3. The van der Waals surface area contributed by atoms with E-state index in [1.807, 2.05) is 0 Å². The van der Waals surface area contributed by atoms with Crippen LogP contribution in [0.25, 0.3) is 0 Å². The Bertz CT molecular complexity index is 2330. The van der Waals surface area contributed by atoms with E-state index < -0.39 is 63.8 Å². The summed E-state index contributed by atoms with van der Waals surface area (Å²) < 4.78 is 69.9. The fraction of sp³-hybridized carbons (Fsp3) is 0.294. The highest BCUT2D eigenvalue weighted by Crippen LogP contribution is 2.69. The number of imide groups is 1. The molecule has 18 heteroatoms. The van der Waals surface area contributed by atoms with E-state index in [0.717, 1.165) is 28.4 Å². The van der Waals surface area contributed by atoms with Gasteiger partial charge >= 0.3 is 11.0 Å². The minimum Gasteiger partial charge on any atom is -0.483 e. The summed E-state index contributed by atoms with van der Waals surface area (Å²) in [5.41, 5.74) is -0.221. The molecule has 3 fully saturated rings. The van der Waals surface area contributed by atoms with E-state index in [2.05, 4.69) is 10.3 Å². The Labute approximate surface area is 306 Å². The van der Waals surface area contributed by atoms with Crippen LogP contribution in [0.4, 0.5) is 24.5 Å². The smallest absolute Gasteiger partial charge is 0.416 e. The van der Waals surface area contributed by atoms with Gasteiger partial charge in [-0.2, -0.15) is 13.2 Å². The van der Waals surface area contributed by atoms with E-state index in [9.17, 15) is 40.8 Å². The first-order valence-electron chi connectivity index (χ1n) is 15.9. The van der Waals surface area contributed by atoms with Crippen LogP contribution in [-0.4, -0.2) is 43.0 Å². The van der Waals surface area contributed by atoms with Crippen LogP contribution in [0, 0.1) is 29.6 Å². The number of halogens is 4. The van der Waals surface area contributed by atoms with Gasteiger partial charge in [0.2, 0.25) is 21.8 Å². The van der Waals surface area contributed by atoms with Crippen molar-refractivity contribution in [3.05, 3.63) is 97.4 Å². The van der Waals surface area contributed by atoms with Crippen molar-refractivity contribution in [3.8, 4) is 5.75 Å². The zero-order valence-electron chi connectivity index (χ0n) is 26.4. The lowest BCUT2D eigenvalue weighted by atomic mass is 9.68. The van der Waals surface area contributed by atoms with E-state index in [4.69, 9.17) is 21.5 Å². The molecule has 0 spiro atoms. The molecule has 11 nitrogen and oxygen atoms in total. The molecule has 52 heavy (non-hydrogen) atoms. The normalized spacial score (nSPS) is 26.2. The summed E-state index contributed by atoms with van der Waals surface area (Å²) in [6, 6.07) is 14.3. The number of sulfonamides is 1. The summed E-state index contributed by atoms with van der Waals surface area (Å²) in [7, 11) is -3.92. The zero-order valence-corrected chi connectivity index (χ0v) is 29.6. The lowest BCUT2D eigenvalue weighted by Gasteiger charge is -2.43. The Morgan fingerprint density at radius 1 is 1.02 bits per heavy atom. The number of aromatic amines is 1. The average Bonchev–Trinajstić information content (AvgIpc) is 3.82. The number of H-pyrrole nitrogens is 1. The number of nitrogens with two attached hydrogens (primary N) is 1. The highest BCUT2D eigenvalue weighted by atomic mass is 35.5. The second-order valence-electron chi connectivity index (χ2n) is 13.1. The molecule has 2 bridgehead atoms. The number of primary sulfonamides is 1. The third-order valence-electron chi connectivity index (χ3n) is 10.3.